The first-order valence-corrected chi connectivity index (χ1v) is 7.55. The normalized spacial score (nSPS) is 19.5. The zero-order valence-corrected chi connectivity index (χ0v) is 11.8. The molecule has 0 radical (unpaired) electrons. The predicted octanol–water partition coefficient (Wildman–Crippen LogP) is 1.79. The van der Waals surface area contributed by atoms with Gasteiger partial charge in [-0.1, -0.05) is 17.7 Å². The molecule has 1 aliphatic rings. The minimum absolute atomic E-state index is 0.0626. The highest BCUT2D eigenvalue weighted by Gasteiger charge is 2.34. The molecular weight excluding hydrogens is 250 g/mol. The van der Waals surface area contributed by atoms with Crippen molar-refractivity contribution in [1.29, 1.82) is 0 Å². The van der Waals surface area contributed by atoms with Crippen LogP contribution in [-0.4, -0.2) is 38.0 Å². The van der Waals surface area contributed by atoms with E-state index in [2.05, 4.69) is 0 Å². The number of epoxide rings is 1. The van der Waals surface area contributed by atoms with Crippen molar-refractivity contribution in [3.63, 3.8) is 0 Å². The number of hydrogen-bond donors (Lipinski definition) is 0. The number of hydrogen-bond acceptors (Lipinski definition) is 3. The SMILES string of the molecule is Cc1ccc(S(=O)(=O)N(CC2CO2)C(C)C)cc1. The van der Waals surface area contributed by atoms with Crippen LogP contribution < -0.4 is 0 Å². The molecule has 1 unspecified atom stereocenters. The van der Waals surface area contributed by atoms with Crippen LogP contribution in [0, 0.1) is 6.92 Å². The second kappa shape index (κ2) is 4.99. The van der Waals surface area contributed by atoms with Crippen LogP contribution in [0.15, 0.2) is 29.2 Å². The lowest BCUT2D eigenvalue weighted by molar-refractivity contribution is 0.303. The van der Waals surface area contributed by atoms with E-state index in [1.807, 2.05) is 32.9 Å². The lowest BCUT2D eigenvalue weighted by Gasteiger charge is -2.25. The summed E-state index contributed by atoms with van der Waals surface area (Å²) in [6.45, 7) is 6.80. The molecule has 2 rings (SSSR count). The molecule has 0 aliphatic carbocycles. The molecule has 0 spiro atoms. The van der Waals surface area contributed by atoms with Gasteiger partial charge < -0.3 is 4.74 Å². The Kier molecular flexibility index (Phi) is 3.75. The van der Waals surface area contributed by atoms with Crippen LogP contribution in [-0.2, 0) is 14.8 Å². The highest BCUT2D eigenvalue weighted by atomic mass is 32.2. The van der Waals surface area contributed by atoms with Crippen molar-refractivity contribution >= 4 is 10.0 Å². The van der Waals surface area contributed by atoms with Gasteiger partial charge in [0, 0.05) is 12.6 Å². The van der Waals surface area contributed by atoms with E-state index in [9.17, 15) is 8.42 Å². The maximum absolute atomic E-state index is 12.5. The monoisotopic (exact) mass is 269 g/mol. The molecule has 0 saturated carbocycles. The Morgan fingerprint density at radius 3 is 2.33 bits per heavy atom. The van der Waals surface area contributed by atoms with Gasteiger partial charge in [-0.15, -0.1) is 0 Å². The number of rotatable bonds is 5. The molecule has 18 heavy (non-hydrogen) atoms. The van der Waals surface area contributed by atoms with E-state index in [0.29, 0.717) is 18.0 Å². The van der Waals surface area contributed by atoms with Crippen molar-refractivity contribution in [2.45, 2.75) is 37.8 Å². The average molecular weight is 269 g/mol. The van der Waals surface area contributed by atoms with Crippen LogP contribution in [0.1, 0.15) is 19.4 Å². The molecule has 1 saturated heterocycles. The molecule has 4 nitrogen and oxygen atoms in total. The van der Waals surface area contributed by atoms with Crippen LogP contribution in [0.25, 0.3) is 0 Å². The maximum atomic E-state index is 12.5. The van der Waals surface area contributed by atoms with Crippen LogP contribution in [0.2, 0.25) is 0 Å². The fraction of sp³-hybridized carbons (Fsp3) is 0.538. The second-order valence-corrected chi connectivity index (χ2v) is 6.83. The molecule has 1 heterocycles. The second-order valence-electron chi connectivity index (χ2n) is 4.94. The summed E-state index contributed by atoms with van der Waals surface area (Å²) in [6, 6.07) is 6.89. The molecule has 1 fully saturated rings. The number of aryl methyl sites for hydroxylation is 1. The van der Waals surface area contributed by atoms with Gasteiger partial charge in [-0.05, 0) is 32.9 Å². The number of ether oxygens (including phenoxy) is 1. The van der Waals surface area contributed by atoms with Crippen LogP contribution in [0.5, 0.6) is 0 Å². The van der Waals surface area contributed by atoms with Crippen LogP contribution in [0.4, 0.5) is 0 Å². The van der Waals surface area contributed by atoms with E-state index in [-0.39, 0.29) is 12.1 Å². The summed E-state index contributed by atoms with van der Waals surface area (Å²) in [5, 5.41) is 0. The molecule has 1 atom stereocenters. The Morgan fingerprint density at radius 1 is 1.33 bits per heavy atom. The highest BCUT2D eigenvalue weighted by Crippen LogP contribution is 2.22. The molecular formula is C13H19NO3S. The van der Waals surface area contributed by atoms with Crippen molar-refractivity contribution in [1.82, 2.24) is 4.31 Å². The summed E-state index contributed by atoms with van der Waals surface area (Å²) >= 11 is 0. The smallest absolute Gasteiger partial charge is 0.243 e. The standard InChI is InChI=1S/C13H19NO3S/c1-10(2)14(8-12-9-17-12)18(15,16)13-6-4-11(3)5-7-13/h4-7,10,12H,8-9H2,1-3H3. The van der Waals surface area contributed by atoms with Gasteiger partial charge in [0.15, 0.2) is 0 Å². The summed E-state index contributed by atoms with van der Waals surface area (Å²) in [7, 11) is -3.42. The fourth-order valence-corrected chi connectivity index (χ4v) is 3.47. The molecule has 0 bridgehead atoms. The minimum atomic E-state index is -3.42. The summed E-state index contributed by atoms with van der Waals surface area (Å²) in [5.74, 6) is 0. The van der Waals surface area contributed by atoms with E-state index in [1.165, 1.54) is 4.31 Å². The van der Waals surface area contributed by atoms with Gasteiger partial charge in [0.1, 0.15) is 0 Å². The summed E-state index contributed by atoms with van der Waals surface area (Å²) in [5.41, 5.74) is 1.05. The van der Waals surface area contributed by atoms with Crippen molar-refractivity contribution < 1.29 is 13.2 Å². The average Bonchev–Trinajstić information content (AvgIpc) is 3.09. The third-order valence-corrected chi connectivity index (χ3v) is 5.05. The zero-order valence-electron chi connectivity index (χ0n) is 11.0. The molecule has 100 valence electrons. The van der Waals surface area contributed by atoms with Gasteiger partial charge in [0.2, 0.25) is 10.0 Å². The van der Waals surface area contributed by atoms with Crippen molar-refractivity contribution in [2.24, 2.45) is 0 Å². The van der Waals surface area contributed by atoms with E-state index in [1.54, 1.807) is 12.1 Å². The lowest BCUT2D eigenvalue weighted by atomic mass is 10.2. The first-order chi connectivity index (χ1) is 8.41. The largest absolute Gasteiger partial charge is 0.372 e. The summed E-state index contributed by atoms with van der Waals surface area (Å²) in [4.78, 5) is 0.349. The molecule has 0 aromatic heterocycles. The van der Waals surface area contributed by atoms with Crippen LogP contribution in [0.3, 0.4) is 0 Å². The van der Waals surface area contributed by atoms with E-state index in [0.717, 1.165) is 5.56 Å². The third-order valence-electron chi connectivity index (χ3n) is 2.99. The maximum Gasteiger partial charge on any atom is 0.243 e. The van der Waals surface area contributed by atoms with Crippen molar-refractivity contribution in [3.8, 4) is 0 Å². The van der Waals surface area contributed by atoms with E-state index >= 15 is 0 Å². The number of nitrogens with zero attached hydrogens (tertiary/aromatic N) is 1. The third kappa shape index (κ3) is 2.91. The molecule has 1 aromatic carbocycles. The van der Waals surface area contributed by atoms with Gasteiger partial charge >= 0.3 is 0 Å². The van der Waals surface area contributed by atoms with Crippen molar-refractivity contribution in [2.75, 3.05) is 13.2 Å². The Morgan fingerprint density at radius 2 is 1.89 bits per heavy atom. The van der Waals surface area contributed by atoms with Gasteiger partial charge in [0.05, 0.1) is 17.6 Å². The van der Waals surface area contributed by atoms with E-state index in [4.69, 9.17) is 4.74 Å². The van der Waals surface area contributed by atoms with Gasteiger partial charge in [0.25, 0.3) is 0 Å². The van der Waals surface area contributed by atoms with Crippen LogP contribution >= 0.6 is 0 Å². The lowest BCUT2D eigenvalue weighted by Crippen LogP contribution is -2.39. The predicted molar refractivity (Wildman–Crippen MR) is 69.9 cm³/mol. The Bertz CT molecular complexity index is 504. The molecule has 0 N–H and O–H groups in total. The summed E-state index contributed by atoms with van der Waals surface area (Å²) < 4.78 is 31.7. The van der Waals surface area contributed by atoms with Gasteiger partial charge in [-0.25, -0.2) is 8.42 Å². The Hall–Kier alpha value is -0.910. The molecule has 1 aromatic rings. The molecule has 1 aliphatic heterocycles. The molecule has 5 heteroatoms. The number of benzene rings is 1. The van der Waals surface area contributed by atoms with E-state index < -0.39 is 10.0 Å². The summed E-state index contributed by atoms with van der Waals surface area (Å²) in [6.07, 6.45) is 0.0626. The highest BCUT2D eigenvalue weighted by molar-refractivity contribution is 7.89. The first-order valence-electron chi connectivity index (χ1n) is 6.11. The first kappa shape index (κ1) is 13.5. The number of sulfonamides is 1. The quantitative estimate of drug-likeness (QED) is 0.766. The van der Waals surface area contributed by atoms with Gasteiger partial charge in [-0.2, -0.15) is 4.31 Å². The zero-order chi connectivity index (χ0) is 13.3. The minimum Gasteiger partial charge on any atom is -0.372 e. The topological polar surface area (TPSA) is 49.9 Å². The molecule has 0 amide bonds. The Balaban J connectivity index is 2.28. The van der Waals surface area contributed by atoms with Gasteiger partial charge in [-0.3, -0.25) is 0 Å². The van der Waals surface area contributed by atoms with Crippen molar-refractivity contribution in [3.05, 3.63) is 29.8 Å². The fourth-order valence-electron chi connectivity index (χ4n) is 1.81. The Labute approximate surface area is 109 Å².